The Morgan fingerprint density at radius 1 is 1.30 bits per heavy atom. The molecule has 1 N–H and O–H groups in total. The zero-order valence-corrected chi connectivity index (χ0v) is 15.1. The lowest BCUT2D eigenvalue weighted by molar-refractivity contribution is -0.00488. The number of methoxy groups -OCH3 is 1. The van der Waals surface area contributed by atoms with Crippen LogP contribution < -0.4 is 0 Å². The standard InChI is InChI=1S/C17H29N3O2S/c1-13(22-2)17-18-14(12-23-17)11-19-7-9-20(10-8-19)15-5-3-4-6-16(15)21/h12-13,15-16,21H,3-11H2,1-2H3/t13-,15+,16+/m1/s1. The summed E-state index contributed by atoms with van der Waals surface area (Å²) in [6.07, 6.45) is 4.55. The third-order valence-electron chi connectivity index (χ3n) is 5.23. The van der Waals surface area contributed by atoms with Crippen molar-refractivity contribution in [2.24, 2.45) is 0 Å². The van der Waals surface area contributed by atoms with Crippen molar-refractivity contribution < 1.29 is 9.84 Å². The number of aromatic nitrogens is 1. The molecule has 3 atom stereocenters. The monoisotopic (exact) mass is 339 g/mol. The Morgan fingerprint density at radius 3 is 2.74 bits per heavy atom. The zero-order valence-electron chi connectivity index (χ0n) is 14.3. The van der Waals surface area contributed by atoms with Crippen molar-refractivity contribution in [2.45, 2.75) is 57.4 Å². The highest BCUT2D eigenvalue weighted by Gasteiger charge is 2.30. The van der Waals surface area contributed by atoms with Crippen LogP contribution in [0, 0.1) is 0 Å². The Morgan fingerprint density at radius 2 is 2.04 bits per heavy atom. The van der Waals surface area contributed by atoms with Crippen LogP contribution in [0.2, 0.25) is 0 Å². The molecule has 0 aromatic carbocycles. The van der Waals surface area contributed by atoms with Crippen LogP contribution in [0.1, 0.15) is 49.4 Å². The van der Waals surface area contributed by atoms with Crippen molar-refractivity contribution in [2.75, 3.05) is 33.3 Å². The Bertz CT molecular complexity index is 488. The normalized spacial score (nSPS) is 28.8. The maximum Gasteiger partial charge on any atom is 0.122 e. The summed E-state index contributed by atoms with van der Waals surface area (Å²) in [4.78, 5) is 9.67. The third kappa shape index (κ3) is 4.31. The second-order valence-corrected chi connectivity index (χ2v) is 7.68. The quantitative estimate of drug-likeness (QED) is 0.892. The lowest BCUT2D eigenvalue weighted by atomic mass is 9.91. The third-order valence-corrected chi connectivity index (χ3v) is 6.28. The van der Waals surface area contributed by atoms with Crippen LogP contribution in [-0.4, -0.2) is 65.3 Å². The summed E-state index contributed by atoms with van der Waals surface area (Å²) in [5.41, 5.74) is 1.15. The van der Waals surface area contributed by atoms with Gasteiger partial charge in [-0.25, -0.2) is 4.98 Å². The highest BCUT2D eigenvalue weighted by molar-refractivity contribution is 7.09. The number of hydrogen-bond acceptors (Lipinski definition) is 6. The predicted molar refractivity (Wildman–Crippen MR) is 92.7 cm³/mol. The molecule has 1 aliphatic carbocycles. The number of piperazine rings is 1. The first-order chi connectivity index (χ1) is 11.2. The highest BCUT2D eigenvalue weighted by atomic mass is 32.1. The van der Waals surface area contributed by atoms with Gasteiger partial charge in [-0.3, -0.25) is 9.80 Å². The number of nitrogens with zero attached hydrogens (tertiary/aromatic N) is 3. The lowest BCUT2D eigenvalue weighted by Gasteiger charge is -2.42. The van der Waals surface area contributed by atoms with Gasteiger partial charge in [0, 0.05) is 51.3 Å². The summed E-state index contributed by atoms with van der Waals surface area (Å²) in [7, 11) is 1.73. The van der Waals surface area contributed by atoms with Crippen molar-refractivity contribution in [3.63, 3.8) is 0 Å². The Hall–Kier alpha value is -0.530. The molecule has 2 heterocycles. The van der Waals surface area contributed by atoms with Gasteiger partial charge in [-0.15, -0.1) is 11.3 Å². The van der Waals surface area contributed by atoms with Crippen LogP contribution in [0.15, 0.2) is 5.38 Å². The average Bonchev–Trinajstić information content (AvgIpc) is 3.04. The highest BCUT2D eigenvalue weighted by Crippen LogP contribution is 2.25. The van der Waals surface area contributed by atoms with E-state index in [2.05, 4.69) is 15.2 Å². The summed E-state index contributed by atoms with van der Waals surface area (Å²) in [6.45, 7) is 7.22. The van der Waals surface area contributed by atoms with Crippen LogP contribution in [0.5, 0.6) is 0 Å². The molecule has 1 saturated carbocycles. The van der Waals surface area contributed by atoms with Gasteiger partial charge >= 0.3 is 0 Å². The number of aliphatic hydroxyl groups is 1. The van der Waals surface area contributed by atoms with Crippen LogP contribution in [0.4, 0.5) is 0 Å². The minimum absolute atomic E-state index is 0.0818. The summed E-state index contributed by atoms with van der Waals surface area (Å²) in [5.74, 6) is 0. The Balaban J connectivity index is 1.48. The molecule has 2 aliphatic rings. The fraction of sp³-hybridized carbons (Fsp3) is 0.824. The van der Waals surface area contributed by atoms with Gasteiger partial charge in [0.1, 0.15) is 11.1 Å². The second kappa shape index (κ2) is 8.03. The van der Waals surface area contributed by atoms with Gasteiger partial charge in [0.05, 0.1) is 11.8 Å². The van der Waals surface area contributed by atoms with Gasteiger partial charge in [-0.2, -0.15) is 0 Å². The van der Waals surface area contributed by atoms with Crippen molar-refractivity contribution >= 4 is 11.3 Å². The molecule has 1 saturated heterocycles. The smallest absolute Gasteiger partial charge is 0.122 e. The maximum atomic E-state index is 10.2. The molecule has 0 amide bonds. The van der Waals surface area contributed by atoms with Crippen LogP contribution in [-0.2, 0) is 11.3 Å². The van der Waals surface area contributed by atoms with Crippen LogP contribution in [0.3, 0.4) is 0 Å². The summed E-state index contributed by atoms with van der Waals surface area (Å²) >= 11 is 1.69. The van der Waals surface area contributed by atoms with E-state index in [1.165, 1.54) is 12.8 Å². The van der Waals surface area contributed by atoms with Crippen molar-refractivity contribution in [3.8, 4) is 0 Å². The first kappa shape index (κ1) is 17.3. The molecule has 130 valence electrons. The molecule has 0 bridgehead atoms. The molecule has 6 heteroatoms. The van der Waals surface area contributed by atoms with Gasteiger partial charge in [0.15, 0.2) is 0 Å². The van der Waals surface area contributed by atoms with Crippen molar-refractivity contribution in [3.05, 3.63) is 16.1 Å². The van der Waals surface area contributed by atoms with Gasteiger partial charge in [0.25, 0.3) is 0 Å². The fourth-order valence-corrected chi connectivity index (χ4v) is 4.52. The minimum Gasteiger partial charge on any atom is -0.391 e. The lowest BCUT2D eigenvalue weighted by Crippen LogP contribution is -2.54. The van der Waals surface area contributed by atoms with E-state index in [9.17, 15) is 5.11 Å². The number of ether oxygens (including phenoxy) is 1. The van der Waals surface area contributed by atoms with Crippen LogP contribution in [0.25, 0.3) is 0 Å². The second-order valence-electron chi connectivity index (χ2n) is 6.79. The number of thiazole rings is 1. The Labute approximate surface area is 143 Å². The first-order valence-corrected chi connectivity index (χ1v) is 9.67. The molecule has 0 spiro atoms. The van der Waals surface area contributed by atoms with E-state index in [-0.39, 0.29) is 12.2 Å². The van der Waals surface area contributed by atoms with Gasteiger partial charge < -0.3 is 9.84 Å². The molecular formula is C17H29N3O2S. The van der Waals surface area contributed by atoms with Gasteiger partial charge in [0.2, 0.25) is 0 Å². The van der Waals surface area contributed by atoms with Crippen molar-refractivity contribution in [1.29, 1.82) is 0 Å². The van der Waals surface area contributed by atoms with E-state index < -0.39 is 0 Å². The summed E-state index contributed by atoms with van der Waals surface area (Å²) in [5, 5.41) is 13.4. The molecule has 0 unspecified atom stereocenters. The largest absolute Gasteiger partial charge is 0.391 e. The molecule has 1 aromatic heterocycles. The van der Waals surface area contributed by atoms with E-state index in [1.54, 1.807) is 18.4 Å². The van der Waals surface area contributed by atoms with Crippen molar-refractivity contribution in [1.82, 2.24) is 14.8 Å². The molecule has 3 rings (SSSR count). The Kier molecular flexibility index (Phi) is 6.04. The van der Waals surface area contributed by atoms with E-state index in [1.807, 2.05) is 6.92 Å². The zero-order chi connectivity index (χ0) is 16.2. The van der Waals surface area contributed by atoms with E-state index in [0.717, 1.165) is 56.3 Å². The first-order valence-electron chi connectivity index (χ1n) is 8.79. The molecular weight excluding hydrogens is 310 g/mol. The molecule has 1 aromatic rings. The molecule has 23 heavy (non-hydrogen) atoms. The topological polar surface area (TPSA) is 48.8 Å². The van der Waals surface area contributed by atoms with Crippen LogP contribution >= 0.6 is 11.3 Å². The predicted octanol–water partition coefficient (Wildman–Crippen LogP) is 2.27. The molecule has 2 fully saturated rings. The van der Waals surface area contributed by atoms with E-state index in [4.69, 9.17) is 9.72 Å². The number of rotatable bonds is 5. The van der Waals surface area contributed by atoms with Gasteiger partial charge in [-0.05, 0) is 19.8 Å². The fourth-order valence-electron chi connectivity index (χ4n) is 3.68. The van der Waals surface area contributed by atoms with E-state index >= 15 is 0 Å². The summed E-state index contributed by atoms with van der Waals surface area (Å²) in [6, 6.07) is 0.388. The molecule has 5 nitrogen and oxygen atoms in total. The van der Waals surface area contributed by atoms with E-state index in [0.29, 0.717) is 6.04 Å². The minimum atomic E-state index is -0.119. The molecule has 0 radical (unpaired) electrons. The number of hydrogen-bond donors (Lipinski definition) is 1. The molecule has 1 aliphatic heterocycles. The SMILES string of the molecule is CO[C@H](C)c1nc(CN2CCN([C@H]3CCCC[C@@H]3O)CC2)cs1. The maximum absolute atomic E-state index is 10.2. The average molecular weight is 340 g/mol. The van der Waals surface area contributed by atoms with Gasteiger partial charge in [-0.1, -0.05) is 12.8 Å². The number of aliphatic hydroxyl groups excluding tert-OH is 1. The summed E-state index contributed by atoms with van der Waals surface area (Å²) < 4.78 is 5.33.